The van der Waals surface area contributed by atoms with E-state index in [0.717, 1.165) is 21.6 Å². The molecular weight excluding hydrogens is 276 g/mol. The summed E-state index contributed by atoms with van der Waals surface area (Å²) in [6, 6.07) is 0. The van der Waals surface area contributed by atoms with Gasteiger partial charge in [-0.05, 0) is 48.1 Å². The number of hydrogen-bond donors (Lipinski definition) is 0. The van der Waals surface area contributed by atoms with Crippen LogP contribution in [0, 0.1) is 0 Å². The summed E-state index contributed by atoms with van der Waals surface area (Å²) >= 11 is 7.86. The average Bonchev–Trinajstić information content (AvgIpc) is 2.35. The number of carbonyl (C=O) groups is 1. The topological polar surface area (TPSA) is 17.1 Å². The molecule has 3 heteroatoms. The lowest BCUT2D eigenvalue weighted by Crippen LogP contribution is -1.97. The Kier molecular flexibility index (Phi) is 6.17. The number of ketones is 1. The summed E-state index contributed by atoms with van der Waals surface area (Å²) in [5.74, 6) is 0.580. The fraction of sp³-hybridized carbons (Fsp3) is 0.250. The molecule has 0 fully saturated rings. The van der Waals surface area contributed by atoms with E-state index in [2.05, 4.69) is 18.9 Å². The fourth-order valence-electron chi connectivity index (χ4n) is 1.59. The van der Waals surface area contributed by atoms with Crippen molar-refractivity contribution in [2.75, 3.05) is 5.75 Å². The van der Waals surface area contributed by atoms with E-state index in [-0.39, 0.29) is 5.78 Å². The van der Waals surface area contributed by atoms with Gasteiger partial charge in [0.2, 0.25) is 0 Å². The molecule has 19 heavy (non-hydrogen) atoms. The van der Waals surface area contributed by atoms with Gasteiger partial charge in [0.05, 0.1) is 5.75 Å². The summed E-state index contributed by atoms with van der Waals surface area (Å²) in [7, 11) is 0. The van der Waals surface area contributed by atoms with Crippen LogP contribution in [0.4, 0.5) is 0 Å². The Morgan fingerprint density at radius 2 is 2.21 bits per heavy atom. The lowest BCUT2D eigenvalue weighted by Gasteiger charge is -2.13. The van der Waals surface area contributed by atoms with E-state index in [9.17, 15) is 4.79 Å². The van der Waals surface area contributed by atoms with Gasteiger partial charge < -0.3 is 0 Å². The van der Waals surface area contributed by atoms with Gasteiger partial charge in [-0.2, -0.15) is 0 Å². The first-order valence-corrected chi connectivity index (χ1v) is 7.27. The van der Waals surface area contributed by atoms with E-state index >= 15 is 0 Å². The van der Waals surface area contributed by atoms with Gasteiger partial charge >= 0.3 is 0 Å². The molecular formula is C16H17ClOS. The molecule has 0 aliphatic heterocycles. The van der Waals surface area contributed by atoms with Crippen LogP contribution in [0.15, 0.2) is 63.8 Å². The van der Waals surface area contributed by atoms with Crippen LogP contribution >= 0.6 is 23.4 Å². The maximum atomic E-state index is 11.2. The molecule has 0 radical (unpaired) electrons. The molecule has 0 unspecified atom stereocenters. The minimum absolute atomic E-state index is 0.141. The summed E-state index contributed by atoms with van der Waals surface area (Å²) in [5, 5.41) is 0.608. The van der Waals surface area contributed by atoms with Crippen LogP contribution in [0.25, 0.3) is 0 Å². The van der Waals surface area contributed by atoms with Crippen molar-refractivity contribution in [3.63, 3.8) is 0 Å². The first-order chi connectivity index (χ1) is 8.91. The normalized spacial score (nSPS) is 22.3. The molecule has 0 aromatic rings. The summed E-state index contributed by atoms with van der Waals surface area (Å²) in [6.07, 6.45) is 6.19. The average molecular weight is 293 g/mol. The van der Waals surface area contributed by atoms with Gasteiger partial charge in [0, 0.05) is 17.0 Å². The highest BCUT2D eigenvalue weighted by atomic mass is 35.5. The molecule has 0 saturated carbocycles. The lowest BCUT2D eigenvalue weighted by molar-refractivity contribution is -0.114. The molecule has 0 saturated heterocycles. The van der Waals surface area contributed by atoms with Crippen molar-refractivity contribution in [2.45, 2.75) is 20.3 Å². The molecule has 0 bridgehead atoms. The van der Waals surface area contributed by atoms with Gasteiger partial charge in [0.25, 0.3) is 0 Å². The number of Topliss-reactive ketones (excluding diaryl/α,β-unsaturated/α-hetero) is 1. The van der Waals surface area contributed by atoms with E-state index in [1.165, 1.54) is 11.8 Å². The second kappa shape index (κ2) is 7.40. The van der Waals surface area contributed by atoms with Gasteiger partial charge in [-0.15, -0.1) is 17.5 Å². The van der Waals surface area contributed by atoms with Crippen molar-refractivity contribution in [1.82, 2.24) is 0 Å². The van der Waals surface area contributed by atoms with Crippen molar-refractivity contribution in [3.05, 3.63) is 63.8 Å². The van der Waals surface area contributed by atoms with Crippen molar-refractivity contribution in [3.8, 4) is 0 Å². The predicted molar refractivity (Wildman–Crippen MR) is 85.3 cm³/mol. The maximum absolute atomic E-state index is 11.2. The van der Waals surface area contributed by atoms with Gasteiger partial charge in [-0.3, -0.25) is 4.79 Å². The van der Waals surface area contributed by atoms with Crippen molar-refractivity contribution in [2.24, 2.45) is 0 Å². The number of halogens is 1. The highest BCUT2D eigenvalue weighted by Crippen LogP contribution is 2.34. The van der Waals surface area contributed by atoms with E-state index in [4.69, 9.17) is 11.6 Å². The largest absolute Gasteiger partial charge is 0.299 e. The Labute approximate surface area is 124 Å². The summed E-state index contributed by atoms with van der Waals surface area (Å²) in [4.78, 5) is 12.2. The Bertz CT molecular complexity index is 543. The fourth-order valence-corrected chi connectivity index (χ4v) is 3.07. The SMILES string of the molecule is C=C1C=C=CC/C(SCC(C)=O)=C(C(=C)C)\C(Cl)=C/1. The molecule has 1 rings (SSSR count). The smallest absolute Gasteiger partial charge is 0.140 e. The first kappa shape index (κ1) is 15.8. The van der Waals surface area contributed by atoms with E-state index < -0.39 is 0 Å². The van der Waals surface area contributed by atoms with Gasteiger partial charge in [0.15, 0.2) is 0 Å². The third-order valence-electron chi connectivity index (χ3n) is 2.38. The molecule has 0 amide bonds. The molecule has 0 aromatic carbocycles. The lowest BCUT2D eigenvalue weighted by atomic mass is 10.1. The Morgan fingerprint density at radius 3 is 2.79 bits per heavy atom. The van der Waals surface area contributed by atoms with Crippen LogP contribution in [0.5, 0.6) is 0 Å². The molecule has 1 aliphatic carbocycles. The van der Waals surface area contributed by atoms with Crippen LogP contribution in [-0.2, 0) is 4.79 Å². The number of carbonyl (C=O) groups excluding carboxylic acids is 1. The quantitative estimate of drug-likeness (QED) is 0.683. The van der Waals surface area contributed by atoms with Crippen molar-refractivity contribution < 1.29 is 4.79 Å². The van der Waals surface area contributed by atoms with Gasteiger partial charge in [-0.25, -0.2) is 0 Å². The zero-order valence-electron chi connectivity index (χ0n) is 11.3. The van der Waals surface area contributed by atoms with Crippen molar-refractivity contribution >= 4 is 29.1 Å². The molecule has 100 valence electrons. The number of hydrogen-bond acceptors (Lipinski definition) is 2. The van der Waals surface area contributed by atoms with Crippen LogP contribution in [0.2, 0.25) is 0 Å². The zero-order chi connectivity index (χ0) is 14.4. The van der Waals surface area contributed by atoms with Crippen LogP contribution in [0.3, 0.4) is 0 Å². The molecule has 0 aromatic heterocycles. The molecule has 1 aliphatic rings. The van der Waals surface area contributed by atoms with E-state index in [0.29, 0.717) is 17.2 Å². The molecule has 0 N–H and O–H groups in total. The molecule has 1 nitrogen and oxygen atoms in total. The highest BCUT2D eigenvalue weighted by Gasteiger charge is 2.13. The Hall–Kier alpha value is -1.21. The highest BCUT2D eigenvalue weighted by molar-refractivity contribution is 8.03. The first-order valence-electron chi connectivity index (χ1n) is 5.90. The van der Waals surface area contributed by atoms with E-state index in [1.54, 1.807) is 19.1 Å². The van der Waals surface area contributed by atoms with Crippen LogP contribution in [-0.4, -0.2) is 11.5 Å². The number of thioether (sulfide) groups is 1. The second-order valence-corrected chi connectivity index (χ2v) is 5.83. The minimum Gasteiger partial charge on any atom is -0.299 e. The second-order valence-electron chi connectivity index (χ2n) is 4.36. The van der Waals surface area contributed by atoms with Gasteiger partial charge in [-0.1, -0.05) is 24.8 Å². The number of allylic oxidation sites excluding steroid dienone is 7. The molecule has 0 heterocycles. The molecule has 0 atom stereocenters. The zero-order valence-corrected chi connectivity index (χ0v) is 12.8. The van der Waals surface area contributed by atoms with Crippen LogP contribution < -0.4 is 0 Å². The predicted octanol–water partition coefficient (Wildman–Crippen LogP) is 4.93. The summed E-state index contributed by atoms with van der Waals surface area (Å²) in [6.45, 7) is 11.4. The standard InChI is InChI=1S/C16H17ClOS/c1-11(2)16-14(17)9-12(3)7-5-6-8-15(16)19-10-13(4)18/h6-7,9H,1,3,8,10H2,2,4H3/b14-9+,16-15+. The molecule has 0 spiro atoms. The van der Waals surface area contributed by atoms with Crippen molar-refractivity contribution in [1.29, 1.82) is 0 Å². The monoisotopic (exact) mass is 292 g/mol. The minimum atomic E-state index is 0.141. The summed E-state index contributed by atoms with van der Waals surface area (Å²) in [5.41, 5.74) is 5.64. The third-order valence-corrected chi connectivity index (χ3v) is 3.95. The maximum Gasteiger partial charge on any atom is 0.140 e. The Morgan fingerprint density at radius 1 is 1.53 bits per heavy atom. The van der Waals surface area contributed by atoms with Crippen LogP contribution in [0.1, 0.15) is 20.3 Å². The summed E-state index contributed by atoms with van der Waals surface area (Å²) < 4.78 is 0. The van der Waals surface area contributed by atoms with E-state index in [1.807, 2.05) is 13.0 Å². The number of rotatable bonds is 4. The Balaban J connectivity index is 3.26. The third kappa shape index (κ3) is 5.12. The van der Waals surface area contributed by atoms with Gasteiger partial charge in [0.1, 0.15) is 5.78 Å².